The van der Waals surface area contributed by atoms with Crippen LogP contribution in [0.15, 0.2) is 91.6 Å². The number of nitrogens with zero attached hydrogens (tertiary/aromatic N) is 2. The highest BCUT2D eigenvalue weighted by atomic mass is 16.5. The van der Waals surface area contributed by atoms with Crippen molar-refractivity contribution in [3.63, 3.8) is 0 Å². The second kappa shape index (κ2) is 17.0. The van der Waals surface area contributed by atoms with E-state index in [9.17, 15) is 4.79 Å². The number of fused-ring (bicyclic) bond motifs is 4. The van der Waals surface area contributed by atoms with Crippen molar-refractivity contribution in [2.24, 2.45) is 11.8 Å². The van der Waals surface area contributed by atoms with Crippen LogP contribution in [0.25, 0.3) is 22.0 Å². The Morgan fingerprint density at radius 2 is 1.61 bits per heavy atom. The SMILES string of the molecule is C=CC1CN2CCC1CC2C(OC(=O)c1ccc(-c2ccc(OCCCCCCCCCC)cc2)cc1)c1ccnc2ccc(OC)cc12. The number of aromatic nitrogens is 1. The summed E-state index contributed by atoms with van der Waals surface area (Å²) in [5.41, 5.74) is 4.48. The summed E-state index contributed by atoms with van der Waals surface area (Å²) in [4.78, 5) is 21.0. The molecule has 4 heterocycles. The summed E-state index contributed by atoms with van der Waals surface area (Å²) in [5.74, 6) is 2.33. The van der Waals surface area contributed by atoms with Crippen LogP contribution in [0.2, 0.25) is 0 Å². The highest BCUT2D eigenvalue weighted by Crippen LogP contribution is 2.44. The summed E-state index contributed by atoms with van der Waals surface area (Å²) in [6.07, 6.45) is 15.9. The fourth-order valence-corrected chi connectivity index (χ4v) is 7.71. The molecule has 0 saturated carbocycles. The Morgan fingerprint density at radius 1 is 0.918 bits per heavy atom. The number of benzene rings is 3. The maximum atomic E-state index is 13.9. The third-order valence-corrected chi connectivity index (χ3v) is 10.6. The maximum absolute atomic E-state index is 13.9. The third-order valence-electron chi connectivity index (χ3n) is 10.6. The number of unbranched alkanes of at least 4 members (excludes halogenated alkanes) is 7. The monoisotopic (exact) mass is 660 g/mol. The Labute approximate surface area is 292 Å². The number of hydrogen-bond acceptors (Lipinski definition) is 6. The van der Waals surface area contributed by atoms with Crippen LogP contribution in [-0.2, 0) is 4.74 Å². The van der Waals surface area contributed by atoms with Crippen molar-refractivity contribution in [3.05, 3.63) is 103 Å². The zero-order valence-electron chi connectivity index (χ0n) is 29.3. The highest BCUT2D eigenvalue weighted by Gasteiger charge is 2.44. The van der Waals surface area contributed by atoms with Gasteiger partial charge < -0.3 is 14.2 Å². The van der Waals surface area contributed by atoms with Gasteiger partial charge in [-0.05, 0) is 97.3 Å². The number of piperidine rings is 3. The molecule has 3 saturated heterocycles. The zero-order valence-corrected chi connectivity index (χ0v) is 29.3. The number of rotatable bonds is 17. The number of carbonyl (C=O) groups is 1. The standard InChI is InChI=1S/C43H52N2O4/c1-4-6-7-8-9-10-11-12-27-48-36-19-17-33(18-20-36)32-13-15-34(16-14-32)43(46)49-42(41-28-35-24-26-45(41)30-31(35)5-2)38-23-25-44-40-22-21-37(47-3)29-39(38)40/h5,13-23,25,29,31,35,41-42H,2,4,6-12,24,26-28,30H2,1,3H3. The first-order chi connectivity index (χ1) is 24.1. The molecule has 2 bridgehead atoms. The van der Waals surface area contributed by atoms with Gasteiger partial charge in [-0.3, -0.25) is 9.88 Å². The molecule has 258 valence electrons. The molecule has 6 nitrogen and oxygen atoms in total. The minimum atomic E-state index is -0.448. The Balaban J connectivity index is 1.12. The van der Waals surface area contributed by atoms with Crippen LogP contribution in [0.1, 0.15) is 93.2 Å². The smallest absolute Gasteiger partial charge is 0.338 e. The van der Waals surface area contributed by atoms with E-state index in [0.29, 0.717) is 17.4 Å². The molecule has 0 spiro atoms. The lowest BCUT2D eigenvalue weighted by atomic mass is 9.73. The van der Waals surface area contributed by atoms with E-state index in [0.717, 1.165) is 78.1 Å². The van der Waals surface area contributed by atoms with Gasteiger partial charge in [0.05, 0.1) is 30.8 Å². The van der Waals surface area contributed by atoms with Gasteiger partial charge in [0.15, 0.2) is 0 Å². The lowest BCUT2D eigenvalue weighted by molar-refractivity contribution is -0.0568. The quantitative estimate of drug-likeness (QED) is 0.0638. The predicted molar refractivity (Wildman–Crippen MR) is 198 cm³/mol. The Kier molecular flexibility index (Phi) is 12.0. The lowest BCUT2D eigenvalue weighted by Gasteiger charge is -2.51. The van der Waals surface area contributed by atoms with Crippen molar-refractivity contribution < 1.29 is 19.0 Å². The molecule has 3 aliphatic rings. The first-order valence-electron chi connectivity index (χ1n) is 18.4. The van der Waals surface area contributed by atoms with Crippen LogP contribution in [0.3, 0.4) is 0 Å². The second-order valence-electron chi connectivity index (χ2n) is 13.8. The Hall–Kier alpha value is -4.16. The average Bonchev–Trinajstić information content (AvgIpc) is 3.16. The van der Waals surface area contributed by atoms with Crippen LogP contribution >= 0.6 is 0 Å². The van der Waals surface area contributed by atoms with Crippen LogP contribution in [0, 0.1) is 11.8 Å². The molecule has 5 unspecified atom stereocenters. The van der Waals surface area contributed by atoms with Crippen molar-refractivity contribution in [2.45, 2.75) is 83.3 Å². The Morgan fingerprint density at radius 3 is 2.29 bits per heavy atom. The van der Waals surface area contributed by atoms with E-state index in [2.05, 4.69) is 41.6 Å². The second-order valence-corrected chi connectivity index (χ2v) is 13.8. The molecule has 0 aliphatic carbocycles. The summed E-state index contributed by atoms with van der Waals surface area (Å²) in [6, 6.07) is 23.9. The molecule has 0 amide bonds. The number of methoxy groups -OCH3 is 1. The fraction of sp³-hybridized carbons (Fsp3) is 0.442. The average molecular weight is 661 g/mol. The number of pyridine rings is 1. The van der Waals surface area contributed by atoms with Crippen molar-refractivity contribution in [1.82, 2.24) is 9.88 Å². The topological polar surface area (TPSA) is 60.9 Å². The molecule has 0 radical (unpaired) electrons. The third kappa shape index (κ3) is 8.53. The van der Waals surface area contributed by atoms with E-state index >= 15 is 0 Å². The number of ether oxygens (including phenoxy) is 3. The van der Waals surface area contributed by atoms with Gasteiger partial charge in [-0.1, -0.05) is 82.2 Å². The summed E-state index contributed by atoms with van der Waals surface area (Å²) in [5, 5.41) is 0.947. The van der Waals surface area contributed by atoms with Crippen molar-refractivity contribution in [1.29, 1.82) is 0 Å². The normalized spacial score (nSPS) is 20.5. The Bertz CT molecular complexity index is 1670. The number of carbonyl (C=O) groups excluding carboxylic acids is 1. The molecule has 3 aliphatic heterocycles. The fourth-order valence-electron chi connectivity index (χ4n) is 7.71. The molecule has 3 aromatic carbocycles. The first kappa shape index (κ1) is 34.7. The maximum Gasteiger partial charge on any atom is 0.338 e. The van der Waals surface area contributed by atoms with Crippen LogP contribution in [-0.4, -0.2) is 48.7 Å². The van der Waals surface area contributed by atoms with E-state index in [-0.39, 0.29) is 12.0 Å². The molecule has 5 atom stereocenters. The van der Waals surface area contributed by atoms with Crippen LogP contribution < -0.4 is 9.47 Å². The highest BCUT2D eigenvalue weighted by molar-refractivity contribution is 5.91. The lowest BCUT2D eigenvalue weighted by Crippen LogP contribution is -2.55. The first-order valence-corrected chi connectivity index (χ1v) is 18.4. The summed E-state index contributed by atoms with van der Waals surface area (Å²) < 4.78 is 18.1. The van der Waals surface area contributed by atoms with Gasteiger partial charge >= 0.3 is 5.97 Å². The van der Waals surface area contributed by atoms with E-state index < -0.39 is 6.10 Å². The molecule has 49 heavy (non-hydrogen) atoms. The minimum Gasteiger partial charge on any atom is -0.497 e. The van der Waals surface area contributed by atoms with E-state index in [4.69, 9.17) is 14.2 Å². The molecular weight excluding hydrogens is 608 g/mol. The van der Waals surface area contributed by atoms with Crippen molar-refractivity contribution in [3.8, 4) is 22.6 Å². The summed E-state index contributed by atoms with van der Waals surface area (Å²) in [6.45, 7) is 9.05. The molecule has 6 heteroatoms. The van der Waals surface area contributed by atoms with Gasteiger partial charge in [0.1, 0.15) is 17.6 Å². The van der Waals surface area contributed by atoms with Gasteiger partial charge in [-0.25, -0.2) is 4.79 Å². The van der Waals surface area contributed by atoms with Crippen LogP contribution in [0.5, 0.6) is 11.5 Å². The van der Waals surface area contributed by atoms with Crippen LogP contribution in [0.4, 0.5) is 0 Å². The molecule has 4 aromatic rings. The van der Waals surface area contributed by atoms with Gasteiger partial charge in [-0.15, -0.1) is 6.58 Å². The van der Waals surface area contributed by atoms with Gasteiger partial charge in [0, 0.05) is 23.7 Å². The van der Waals surface area contributed by atoms with Crippen molar-refractivity contribution in [2.75, 3.05) is 26.8 Å². The minimum absolute atomic E-state index is 0.0752. The number of hydrogen-bond donors (Lipinski definition) is 0. The van der Waals surface area contributed by atoms with E-state index in [1.807, 2.05) is 66.9 Å². The van der Waals surface area contributed by atoms with E-state index in [1.54, 1.807) is 7.11 Å². The summed E-state index contributed by atoms with van der Waals surface area (Å²) in [7, 11) is 1.67. The molecule has 3 fully saturated rings. The molecule has 0 N–H and O–H groups in total. The van der Waals surface area contributed by atoms with Crippen molar-refractivity contribution >= 4 is 16.9 Å². The van der Waals surface area contributed by atoms with Gasteiger partial charge in [0.25, 0.3) is 0 Å². The molecular formula is C43H52N2O4. The van der Waals surface area contributed by atoms with Gasteiger partial charge in [0.2, 0.25) is 0 Å². The number of esters is 1. The summed E-state index contributed by atoms with van der Waals surface area (Å²) >= 11 is 0. The molecule has 1 aromatic heterocycles. The predicted octanol–water partition coefficient (Wildman–Crippen LogP) is 10.2. The molecule has 7 rings (SSSR count). The zero-order chi connectivity index (χ0) is 34.0. The van der Waals surface area contributed by atoms with Gasteiger partial charge in [-0.2, -0.15) is 0 Å². The van der Waals surface area contributed by atoms with E-state index in [1.165, 1.54) is 44.9 Å². The largest absolute Gasteiger partial charge is 0.497 e.